The first kappa shape index (κ1) is 33.2. The number of carbonyl (C=O) groups is 4. The third-order valence-corrected chi connectivity index (χ3v) is 7.66. The molecule has 11 nitrogen and oxygen atoms in total. The van der Waals surface area contributed by atoms with Gasteiger partial charge in [-0.1, -0.05) is 35.9 Å². The third kappa shape index (κ3) is 9.67. The molecule has 2 aromatic carbocycles. The number of fused-ring (bicyclic) bond motifs is 1. The van der Waals surface area contributed by atoms with E-state index in [1.807, 2.05) is 30.3 Å². The van der Waals surface area contributed by atoms with E-state index < -0.39 is 48.8 Å². The molecule has 12 heteroatoms. The lowest BCUT2D eigenvalue weighted by Gasteiger charge is -2.31. The van der Waals surface area contributed by atoms with Crippen LogP contribution in [0.3, 0.4) is 0 Å². The zero-order valence-electron chi connectivity index (χ0n) is 25.1. The van der Waals surface area contributed by atoms with Crippen LogP contribution in [0.15, 0.2) is 42.5 Å². The largest absolute Gasteiger partial charge is 0.490 e. The van der Waals surface area contributed by atoms with Crippen LogP contribution in [0.25, 0.3) is 0 Å². The van der Waals surface area contributed by atoms with Crippen LogP contribution in [-0.4, -0.2) is 74.7 Å². The number of hydrogen-bond acceptors (Lipinski definition) is 11. The summed E-state index contributed by atoms with van der Waals surface area (Å²) < 4.78 is 38.6. The van der Waals surface area contributed by atoms with E-state index >= 15 is 0 Å². The van der Waals surface area contributed by atoms with Gasteiger partial charge in [0.05, 0.1) is 19.8 Å². The van der Waals surface area contributed by atoms with Gasteiger partial charge in [-0.15, -0.1) is 0 Å². The monoisotopic (exact) mass is 632 g/mol. The summed E-state index contributed by atoms with van der Waals surface area (Å²) in [6, 6.07) is 13.3. The van der Waals surface area contributed by atoms with E-state index in [9.17, 15) is 19.2 Å². The highest BCUT2D eigenvalue weighted by Crippen LogP contribution is 2.46. The summed E-state index contributed by atoms with van der Waals surface area (Å²) in [6.07, 6.45) is -2.77. The van der Waals surface area contributed by atoms with Crippen molar-refractivity contribution in [1.82, 2.24) is 0 Å². The zero-order chi connectivity index (χ0) is 31.8. The Hall–Kier alpha value is -3.67. The number of halogens is 1. The fourth-order valence-corrected chi connectivity index (χ4v) is 5.29. The van der Waals surface area contributed by atoms with Crippen LogP contribution >= 0.6 is 11.6 Å². The molecule has 0 radical (unpaired) electrons. The molecule has 0 amide bonds. The molecule has 0 N–H and O–H groups in total. The molecule has 0 aromatic heterocycles. The average molecular weight is 633 g/mol. The van der Waals surface area contributed by atoms with Crippen LogP contribution in [0, 0.1) is 11.8 Å². The number of carbonyl (C=O) groups excluding carboxylic acids is 4. The maximum Gasteiger partial charge on any atom is 0.303 e. The van der Waals surface area contributed by atoms with E-state index in [1.165, 1.54) is 20.8 Å². The summed E-state index contributed by atoms with van der Waals surface area (Å²) in [6.45, 7) is 5.55. The van der Waals surface area contributed by atoms with E-state index in [2.05, 4.69) is 0 Å². The minimum Gasteiger partial charge on any atom is -0.490 e. The van der Waals surface area contributed by atoms with Crippen molar-refractivity contribution in [3.63, 3.8) is 0 Å². The molecule has 238 valence electrons. The van der Waals surface area contributed by atoms with Gasteiger partial charge >= 0.3 is 23.9 Å². The molecular weight excluding hydrogens is 596 g/mol. The molecule has 2 fully saturated rings. The van der Waals surface area contributed by atoms with Crippen molar-refractivity contribution in [2.75, 3.05) is 26.4 Å². The van der Waals surface area contributed by atoms with Crippen molar-refractivity contribution >= 4 is 35.5 Å². The van der Waals surface area contributed by atoms with E-state index in [1.54, 1.807) is 12.1 Å². The van der Waals surface area contributed by atoms with Gasteiger partial charge in [0.25, 0.3) is 0 Å². The predicted molar refractivity (Wildman–Crippen MR) is 156 cm³/mol. The van der Waals surface area contributed by atoms with Crippen LogP contribution in [0.2, 0.25) is 5.02 Å². The van der Waals surface area contributed by atoms with Crippen molar-refractivity contribution in [1.29, 1.82) is 0 Å². The number of ether oxygens (including phenoxy) is 7. The fourth-order valence-electron chi connectivity index (χ4n) is 5.11. The SMILES string of the molecule is CC(=O)OC[C@@H](OCc1ccc(Cl)c(Cc2ccc(OC3C4COCC43)cc2)c1)[C@@H](OC(C)=O)[C@@H](COC(C)=O)OC(C)=O. The van der Waals surface area contributed by atoms with Crippen LogP contribution in [0.5, 0.6) is 5.75 Å². The Kier molecular flexibility index (Phi) is 11.6. The summed E-state index contributed by atoms with van der Waals surface area (Å²) in [4.78, 5) is 47.0. The lowest BCUT2D eigenvalue weighted by atomic mass is 10.0. The summed E-state index contributed by atoms with van der Waals surface area (Å²) in [5.74, 6) is -0.803. The highest BCUT2D eigenvalue weighted by Gasteiger charge is 2.56. The Bertz CT molecular complexity index is 1320. The Morgan fingerprint density at radius 3 is 1.98 bits per heavy atom. The first-order valence-corrected chi connectivity index (χ1v) is 14.7. The maximum absolute atomic E-state index is 12.0. The molecule has 2 aromatic rings. The Balaban J connectivity index is 1.45. The molecule has 2 aliphatic rings. The van der Waals surface area contributed by atoms with Gasteiger partial charge in [-0.3, -0.25) is 19.2 Å². The Labute approximate surface area is 261 Å². The van der Waals surface area contributed by atoms with Crippen molar-refractivity contribution in [3.05, 3.63) is 64.2 Å². The van der Waals surface area contributed by atoms with Gasteiger partial charge in [0.2, 0.25) is 0 Å². The summed E-state index contributed by atoms with van der Waals surface area (Å²) in [7, 11) is 0. The van der Waals surface area contributed by atoms with Gasteiger partial charge < -0.3 is 33.2 Å². The van der Waals surface area contributed by atoms with Crippen LogP contribution in [0.1, 0.15) is 44.4 Å². The van der Waals surface area contributed by atoms with E-state index in [0.717, 1.165) is 42.6 Å². The summed E-state index contributed by atoms with van der Waals surface area (Å²) >= 11 is 6.53. The molecule has 1 saturated carbocycles. The van der Waals surface area contributed by atoms with Gasteiger partial charge in [0, 0.05) is 44.6 Å². The van der Waals surface area contributed by atoms with Gasteiger partial charge in [0.1, 0.15) is 31.2 Å². The van der Waals surface area contributed by atoms with Crippen LogP contribution < -0.4 is 4.74 Å². The maximum atomic E-state index is 12.0. The fraction of sp³-hybridized carbons (Fsp3) is 0.500. The van der Waals surface area contributed by atoms with Gasteiger partial charge in [0.15, 0.2) is 12.2 Å². The second kappa shape index (κ2) is 15.4. The van der Waals surface area contributed by atoms with Crippen LogP contribution in [0.4, 0.5) is 0 Å². The molecule has 44 heavy (non-hydrogen) atoms. The smallest absolute Gasteiger partial charge is 0.303 e. The predicted octanol–water partition coefficient (Wildman–Crippen LogP) is 3.83. The standard InChI is InChI=1S/C32H37ClO11/c1-18(34)39-16-29(32(43-21(4)37)30(42-20(3)36)17-40-19(2)35)41-13-23-7-10-28(33)24(12-23)11-22-5-8-25(9-6-22)44-31-26-14-38-15-27(26)31/h5-10,12,26-27,29-32H,11,13-17H2,1-4H3/t26?,27?,29-,30-,31?,32-/m1/s1. The van der Waals surface area contributed by atoms with E-state index in [0.29, 0.717) is 23.3 Å². The Morgan fingerprint density at radius 1 is 0.795 bits per heavy atom. The highest BCUT2D eigenvalue weighted by molar-refractivity contribution is 6.31. The molecule has 4 rings (SSSR count). The zero-order valence-corrected chi connectivity index (χ0v) is 25.9. The van der Waals surface area contributed by atoms with Gasteiger partial charge in [-0.2, -0.15) is 0 Å². The normalized spacial score (nSPS) is 20.4. The topological polar surface area (TPSA) is 133 Å². The molecule has 2 unspecified atom stereocenters. The second-order valence-electron chi connectivity index (χ2n) is 10.9. The van der Waals surface area contributed by atoms with Crippen molar-refractivity contribution in [2.45, 2.75) is 65.1 Å². The molecule has 0 spiro atoms. The molecule has 1 aliphatic carbocycles. The highest BCUT2D eigenvalue weighted by atomic mass is 35.5. The molecular formula is C32H37ClO11. The first-order valence-electron chi connectivity index (χ1n) is 14.3. The number of rotatable bonds is 15. The van der Waals surface area contributed by atoms with Gasteiger partial charge in [-0.25, -0.2) is 0 Å². The molecule has 1 heterocycles. The molecule has 0 bridgehead atoms. The first-order chi connectivity index (χ1) is 21.0. The summed E-state index contributed by atoms with van der Waals surface area (Å²) in [5.41, 5.74) is 2.63. The quantitative estimate of drug-likeness (QED) is 0.210. The minimum atomic E-state index is -1.26. The third-order valence-electron chi connectivity index (χ3n) is 7.29. The Morgan fingerprint density at radius 2 is 1.39 bits per heavy atom. The van der Waals surface area contributed by atoms with Crippen molar-refractivity contribution in [2.24, 2.45) is 11.8 Å². The number of esters is 4. The van der Waals surface area contributed by atoms with E-state index in [-0.39, 0.29) is 19.3 Å². The second-order valence-corrected chi connectivity index (χ2v) is 11.3. The average Bonchev–Trinajstić information content (AvgIpc) is 3.35. The van der Waals surface area contributed by atoms with Crippen LogP contribution in [-0.2, 0) is 60.6 Å². The van der Waals surface area contributed by atoms with E-state index in [4.69, 9.17) is 44.8 Å². The lowest BCUT2D eigenvalue weighted by molar-refractivity contribution is -0.192. The number of benzene rings is 2. The molecule has 1 saturated heterocycles. The lowest BCUT2D eigenvalue weighted by Crippen LogP contribution is -2.48. The molecule has 1 aliphatic heterocycles. The number of hydrogen-bond donors (Lipinski definition) is 0. The summed E-state index contributed by atoms with van der Waals surface area (Å²) in [5, 5.41) is 0.574. The van der Waals surface area contributed by atoms with Gasteiger partial charge in [-0.05, 0) is 41.3 Å². The molecule has 5 atom stereocenters. The minimum absolute atomic E-state index is 0.00837. The van der Waals surface area contributed by atoms with Crippen molar-refractivity contribution in [3.8, 4) is 5.75 Å². The van der Waals surface area contributed by atoms with Crippen molar-refractivity contribution < 1.29 is 52.3 Å².